The van der Waals surface area contributed by atoms with E-state index in [9.17, 15) is 14.4 Å². The van der Waals surface area contributed by atoms with Crippen molar-refractivity contribution in [2.24, 2.45) is 0 Å². The Morgan fingerprint density at radius 2 is 1.65 bits per heavy atom. The molecule has 0 saturated carbocycles. The smallest absolute Gasteiger partial charge is 0.409 e. The summed E-state index contributed by atoms with van der Waals surface area (Å²) < 4.78 is 5.01. The normalized spacial score (nSPS) is 13.9. The second kappa shape index (κ2) is 10.6. The fourth-order valence-electron chi connectivity index (χ4n) is 3.21. The van der Waals surface area contributed by atoms with Gasteiger partial charge in [-0.05, 0) is 36.8 Å². The van der Waals surface area contributed by atoms with Gasteiger partial charge in [0.2, 0.25) is 5.91 Å². The molecular weight excluding hydrogens is 418 g/mol. The van der Waals surface area contributed by atoms with Crippen molar-refractivity contribution in [1.29, 1.82) is 0 Å². The number of ether oxygens (including phenoxy) is 1. The van der Waals surface area contributed by atoms with E-state index in [1.807, 2.05) is 12.1 Å². The van der Waals surface area contributed by atoms with E-state index in [1.54, 1.807) is 59.2 Å². The predicted octanol–water partition coefficient (Wildman–Crippen LogP) is 3.91. The Labute approximate surface area is 186 Å². The Bertz CT molecular complexity index is 984. The largest absolute Gasteiger partial charge is 0.450 e. The molecule has 0 unspecified atom stereocenters. The van der Waals surface area contributed by atoms with Gasteiger partial charge in [0.1, 0.15) is 0 Å². The first-order chi connectivity index (χ1) is 15.0. The first-order valence-corrected chi connectivity index (χ1v) is 10.4. The Kier molecular flexibility index (Phi) is 7.67. The van der Waals surface area contributed by atoms with Crippen molar-refractivity contribution < 1.29 is 19.1 Å². The molecule has 7 nitrogen and oxygen atoms in total. The molecule has 8 heteroatoms. The van der Waals surface area contributed by atoms with Gasteiger partial charge in [-0.15, -0.1) is 0 Å². The number of benzene rings is 2. The van der Waals surface area contributed by atoms with E-state index in [0.717, 1.165) is 5.56 Å². The van der Waals surface area contributed by atoms with Crippen LogP contribution in [0, 0.1) is 0 Å². The second-order valence-electron chi connectivity index (χ2n) is 6.87. The summed E-state index contributed by atoms with van der Waals surface area (Å²) in [6.45, 7) is 3.67. The highest BCUT2D eigenvalue weighted by Crippen LogP contribution is 2.20. The van der Waals surface area contributed by atoms with Gasteiger partial charge in [-0.3, -0.25) is 9.59 Å². The fraction of sp³-hybridized carbons (Fsp3) is 0.261. The summed E-state index contributed by atoms with van der Waals surface area (Å²) in [4.78, 5) is 40.5. The summed E-state index contributed by atoms with van der Waals surface area (Å²) >= 11 is 6.10. The Balaban J connectivity index is 1.65. The number of hydrogen-bond acceptors (Lipinski definition) is 4. The van der Waals surface area contributed by atoms with Crippen molar-refractivity contribution in [3.05, 3.63) is 70.8 Å². The van der Waals surface area contributed by atoms with Crippen LogP contribution >= 0.6 is 11.6 Å². The number of halogens is 1. The lowest BCUT2D eigenvalue weighted by Crippen LogP contribution is -2.50. The number of nitrogens with zero attached hydrogens (tertiary/aromatic N) is 2. The minimum absolute atomic E-state index is 0.200. The molecule has 0 aromatic heterocycles. The lowest BCUT2D eigenvalue weighted by molar-refractivity contribution is -0.111. The standard InChI is InChI=1S/C23H24ClN3O4/c1-2-31-23(30)27-15-13-26(14-16-27)22(29)18-8-4-6-10-20(18)25-21(28)12-11-17-7-3-5-9-19(17)24/h3-12H,2,13-16H2,1H3,(H,25,28)/b12-11+. The molecule has 31 heavy (non-hydrogen) atoms. The summed E-state index contributed by atoms with van der Waals surface area (Å²) in [6, 6.07) is 14.1. The van der Waals surface area contributed by atoms with E-state index >= 15 is 0 Å². The van der Waals surface area contributed by atoms with Crippen molar-refractivity contribution in [3.8, 4) is 0 Å². The van der Waals surface area contributed by atoms with Gasteiger partial charge in [-0.1, -0.05) is 41.9 Å². The Morgan fingerprint density at radius 3 is 2.35 bits per heavy atom. The second-order valence-corrected chi connectivity index (χ2v) is 7.28. The quantitative estimate of drug-likeness (QED) is 0.713. The maximum absolute atomic E-state index is 13.0. The zero-order valence-electron chi connectivity index (χ0n) is 17.2. The van der Waals surface area contributed by atoms with Crippen LogP contribution in [0.5, 0.6) is 0 Å². The van der Waals surface area contributed by atoms with Crippen LogP contribution in [0.4, 0.5) is 10.5 Å². The zero-order chi connectivity index (χ0) is 22.2. The van der Waals surface area contributed by atoms with Gasteiger partial charge in [0.25, 0.3) is 5.91 Å². The third kappa shape index (κ3) is 5.86. The van der Waals surface area contributed by atoms with Gasteiger partial charge in [-0.2, -0.15) is 0 Å². The van der Waals surface area contributed by atoms with Crippen molar-refractivity contribution in [2.75, 3.05) is 38.1 Å². The molecule has 1 N–H and O–H groups in total. The van der Waals surface area contributed by atoms with E-state index in [1.165, 1.54) is 6.08 Å². The van der Waals surface area contributed by atoms with Crippen LogP contribution in [0.15, 0.2) is 54.6 Å². The fourth-order valence-corrected chi connectivity index (χ4v) is 3.40. The first kappa shape index (κ1) is 22.4. The number of para-hydroxylation sites is 1. The van der Waals surface area contributed by atoms with E-state index in [4.69, 9.17) is 16.3 Å². The number of hydrogen-bond donors (Lipinski definition) is 1. The molecule has 1 heterocycles. The van der Waals surface area contributed by atoms with Crippen LogP contribution in [-0.2, 0) is 9.53 Å². The molecule has 0 aliphatic carbocycles. The SMILES string of the molecule is CCOC(=O)N1CCN(C(=O)c2ccccc2NC(=O)/C=C/c2ccccc2Cl)CC1. The van der Waals surface area contributed by atoms with Crippen molar-refractivity contribution >= 4 is 41.3 Å². The summed E-state index contributed by atoms with van der Waals surface area (Å²) in [7, 11) is 0. The molecular formula is C23H24ClN3O4. The maximum Gasteiger partial charge on any atom is 0.409 e. The average molecular weight is 442 g/mol. The predicted molar refractivity (Wildman–Crippen MR) is 120 cm³/mol. The van der Waals surface area contributed by atoms with Gasteiger partial charge in [0.05, 0.1) is 17.9 Å². The highest BCUT2D eigenvalue weighted by atomic mass is 35.5. The highest BCUT2D eigenvalue weighted by Gasteiger charge is 2.26. The molecule has 1 aliphatic rings. The first-order valence-electron chi connectivity index (χ1n) is 10.0. The number of rotatable bonds is 5. The van der Waals surface area contributed by atoms with Crippen LogP contribution < -0.4 is 5.32 Å². The minimum Gasteiger partial charge on any atom is -0.450 e. The molecule has 0 spiro atoms. The van der Waals surface area contributed by atoms with Crippen LogP contribution in [0.25, 0.3) is 6.08 Å². The van der Waals surface area contributed by atoms with E-state index in [0.29, 0.717) is 49.1 Å². The van der Waals surface area contributed by atoms with Gasteiger partial charge in [0, 0.05) is 37.3 Å². The molecule has 2 aromatic rings. The monoisotopic (exact) mass is 441 g/mol. The molecule has 1 fully saturated rings. The topological polar surface area (TPSA) is 79.0 Å². The van der Waals surface area contributed by atoms with E-state index < -0.39 is 0 Å². The van der Waals surface area contributed by atoms with E-state index in [2.05, 4.69) is 5.32 Å². The highest BCUT2D eigenvalue weighted by molar-refractivity contribution is 6.32. The number of amides is 3. The Hall–Kier alpha value is -3.32. The number of nitrogens with one attached hydrogen (secondary N) is 1. The summed E-state index contributed by atoms with van der Waals surface area (Å²) in [5, 5.41) is 3.31. The maximum atomic E-state index is 13.0. The average Bonchev–Trinajstić information content (AvgIpc) is 2.79. The number of anilines is 1. The van der Waals surface area contributed by atoms with Crippen LogP contribution in [-0.4, -0.2) is 60.5 Å². The van der Waals surface area contributed by atoms with Crippen LogP contribution in [0.1, 0.15) is 22.8 Å². The van der Waals surface area contributed by atoms with E-state index in [-0.39, 0.29) is 17.9 Å². The molecule has 1 saturated heterocycles. The molecule has 1 aliphatic heterocycles. The summed E-state index contributed by atoms with van der Waals surface area (Å²) in [5.74, 6) is -0.568. The van der Waals surface area contributed by atoms with Gasteiger partial charge >= 0.3 is 6.09 Å². The number of carbonyl (C=O) groups excluding carboxylic acids is 3. The molecule has 2 aromatic carbocycles. The molecule has 3 amide bonds. The molecule has 3 rings (SSSR count). The van der Waals surface area contributed by atoms with Crippen LogP contribution in [0.3, 0.4) is 0 Å². The van der Waals surface area contributed by atoms with Crippen molar-refractivity contribution in [2.45, 2.75) is 6.92 Å². The Morgan fingerprint density at radius 1 is 1.00 bits per heavy atom. The molecule has 0 radical (unpaired) electrons. The number of carbonyl (C=O) groups is 3. The number of piperazine rings is 1. The molecule has 162 valence electrons. The molecule has 0 atom stereocenters. The lowest BCUT2D eigenvalue weighted by atomic mass is 10.1. The van der Waals surface area contributed by atoms with Gasteiger partial charge < -0.3 is 19.9 Å². The molecule has 0 bridgehead atoms. The summed E-state index contributed by atoms with van der Waals surface area (Å²) in [6.07, 6.45) is 2.63. The zero-order valence-corrected chi connectivity index (χ0v) is 18.0. The van der Waals surface area contributed by atoms with Crippen molar-refractivity contribution in [3.63, 3.8) is 0 Å². The third-order valence-electron chi connectivity index (χ3n) is 4.83. The lowest BCUT2D eigenvalue weighted by Gasteiger charge is -2.34. The van der Waals surface area contributed by atoms with Gasteiger partial charge in [-0.25, -0.2) is 4.79 Å². The van der Waals surface area contributed by atoms with Gasteiger partial charge in [0.15, 0.2) is 0 Å². The van der Waals surface area contributed by atoms with Crippen molar-refractivity contribution in [1.82, 2.24) is 9.80 Å². The summed E-state index contributed by atoms with van der Waals surface area (Å²) in [5.41, 5.74) is 1.55. The minimum atomic E-state index is -0.368. The third-order valence-corrected chi connectivity index (χ3v) is 5.17. The van der Waals surface area contributed by atoms with Crippen LogP contribution in [0.2, 0.25) is 5.02 Å².